The van der Waals surface area contributed by atoms with Crippen LogP contribution in [0.15, 0.2) is 30.3 Å². The molecule has 104 valence electrons. The fourth-order valence-electron chi connectivity index (χ4n) is 3.35. The normalized spacial score (nSPS) is 32.6. The molecular formula is C16H23NOS. The highest BCUT2D eigenvalue weighted by molar-refractivity contribution is 7.99. The maximum atomic E-state index is 6.47. The topological polar surface area (TPSA) is 35.2 Å². The number of rotatable bonds is 3. The number of hydrogen-bond acceptors (Lipinski definition) is 3. The number of hydrogen-bond donors (Lipinski definition) is 1. The largest absolute Gasteiger partial charge is 0.374 e. The van der Waals surface area contributed by atoms with Crippen molar-refractivity contribution in [3.05, 3.63) is 35.9 Å². The van der Waals surface area contributed by atoms with Crippen LogP contribution in [0, 0.1) is 5.92 Å². The van der Waals surface area contributed by atoms with Gasteiger partial charge in [-0.2, -0.15) is 11.8 Å². The summed E-state index contributed by atoms with van der Waals surface area (Å²) in [5.41, 5.74) is 7.98. The maximum Gasteiger partial charge on any atom is 0.0783 e. The minimum atomic E-state index is 0.155. The van der Waals surface area contributed by atoms with Crippen molar-refractivity contribution in [2.24, 2.45) is 11.7 Å². The SMILES string of the molecule is NC(Cc1ccccc1)C1CCOC2(CCSC2)C1. The van der Waals surface area contributed by atoms with Crippen molar-refractivity contribution in [1.82, 2.24) is 0 Å². The smallest absolute Gasteiger partial charge is 0.0783 e. The zero-order valence-electron chi connectivity index (χ0n) is 11.4. The van der Waals surface area contributed by atoms with Crippen LogP contribution in [0.25, 0.3) is 0 Å². The van der Waals surface area contributed by atoms with E-state index in [-0.39, 0.29) is 11.6 Å². The molecule has 0 amide bonds. The van der Waals surface area contributed by atoms with Crippen molar-refractivity contribution in [3.63, 3.8) is 0 Å². The summed E-state index contributed by atoms with van der Waals surface area (Å²) in [6.45, 7) is 0.897. The van der Waals surface area contributed by atoms with E-state index in [2.05, 4.69) is 30.3 Å². The first-order valence-electron chi connectivity index (χ1n) is 7.29. The van der Waals surface area contributed by atoms with E-state index in [0.29, 0.717) is 5.92 Å². The third-order valence-electron chi connectivity index (χ3n) is 4.52. The maximum absolute atomic E-state index is 6.47. The third kappa shape index (κ3) is 3.15. The summed E-state index contributed by atoms with van der Waals surface area (Å²) in [5, 5.41) is 0. The molecular weight excluding hydrogens is 254 g/mol. The molecule has 3 rings (SSSR count). The van der Waals surface area contributed by atoms with Crippen molar-refractivity contribution >= 4 is 11.8 Å². The van der Waals surface area contributed by atoms with Crippen molar-refractivity contribution in [1.29, 1.82) is 0 Å². The van der Waals surface area contributed by atoms with E-state index in [1.165, 1.54) is 23.5 Å². The molecule has 3 unspecified atom stereocenters. The number of benzene rings is 1. The Hall–Kier alpha value is -0.510. The Balaban J connectivity index is 1.61. The van der Waals surface area contributed by atoms with Crippen molar-refractivity contribution in [2.45, 2.75) is 37.3 Å². The number of ether oxygens (including phenoxy) is 1. The Bertz CT molecular complexity index is 402. The molecule has 0 aromatic heterocycles. The second kappa shape index (κ2) is 5.86. The van der Waals surface area contributed by atoms with Crippen LogP contribution >= 0.6 is 11.8 Å². The molecule has 0 bridgehead atoms. The summed E-state index contributed by atoms with van der Waals surface area (Å²) in [4.78, 5) is 0. The van der Waals surface area contributed by atoms with Gasteiger partial charge in [-0.05, 0) is 42.9 Å². The van der Waals surface area contributed by atoms with Crippen molar-refractivity contribution < 1.29 is 4.74 Å². The van der Waals surface area contributed by atoms with Crippen LogP contribution < -0.4 is 5.73 Å². The molecule has 0 aliphatic carbocycles. The van der Waals surface area contributed by atoms with Gasteiger partial charge in [0.05, 0.1) is 5.60 Å². The minimum Gasteiger partial charge on any atom is -0.374 e. The van der Waals surface area contributed by atoms with Crippen LogP contribution in [-0.2, 0) is 11.2 Å². The van der Waals surface area contributed by atoms with Gasteiger partial charge in [-0.1, -0.05) is 30.3 Å². The first kappa shape index (κ1) is 13.5. The summed E-state index contributed by atoms with van der Waals surface area (Å²) in [5.74, 6) is 3.04. The molecule has 0 radical (unpaired) electrons. The zero-order chi connectivity index (χ0) is 13.1. The van der Waals surface area contributed by atoms with Gasteiger partial charge >= 0.3 is 0 Å². The molecule has 2 heterocycles. The van der Waals surface area contributed by atoms with E-state index >= 15 is 0 Å². The first-order valence-corrected chi connectivity index (χ1v) is 8.44. The van der Waals surface area contributed by atoms with Gasteiger partial charge in [0.1, 0.15) is 0 Å². The highest BCUT2D eigenvalue weighted by Gasteiger charge is 2.41. The molecule has 1 spiro atoms. The second-order valence-corrected chi connectivity index (χ2v) is 7.05. The average molecular weight is 277 g/mol. The van der Waals surface area contributed by atoms with Gasteiger partial charge in [0.2, 0.25) is 0 Å². The van der Waals surface area contributed by atoms with Crippen LogP contribution in [0.2, 0.25) is 0 Å². The lowest BCUT2D eigenvalue weighted by molar-refractivity contribution is -0.0831. The summed E-state index contributed by atoms with van der Waals surface area (Å²) < 4.78 is 6.08. The molecule has 3 atom stereocenters. The van der Waals surface area contributed by atoms with E-state index in [4.69, 9.17) is 10.5 Å². The molecule has 2 saturated heterocycles. The Morgan fingerprint density at radius 2 is 2.21 bits per heavy atom. The predicted molar refractivity (Wildman–Crippen MR) is 81.5 cm³/mol. The van der Waals surface area contributed by atoms with Crippen LogP contribution in [0.3, 0.4) is 0 Å². The quantitative estimate of drug-likeness (QED) is 0.922. The summed E-state index contributed by atoms with van der Waals surface area (Å²) >= 11 is 2.03. The van der Waals surface area contributed by atoms with Gasteiger partial charge in [0.25, 0.3) is 0 Å². The van der Waals surface area contributed by atoms with Gasteiger partial charge in [0, 0.05) is 18.4 Å². The highest BCUT2D eigenvalue weighted by Crippen LogP contribution is 2.41. The summed E-state index contributed by atoms with van der Waals surface area (Å²) in [6.07, 6.45) is 4.50. The Morgan fingerprint density at radius 3 is 2.95 bits per heavy atom. The Kier molecular flexibility index (Phi) is 4.15. The zero-order valence-corrected chi connectivity index (χ0v) is 12.2. The molecule has 19 heavy (non-hydrogen) atoms. The summed E-state index contributed by atoms with van der Waals surface area (Å²) in [7, 11) is 0. The molecule has 2 aliphatic heterocycles. The molecule has 0 saturated carbocycles. The lowest BCUT2D eigenvalue weighted by Gasteiger charge is -2.40. The molecule has 2 fully saturated rings. The van der Waals surface area contributed by atoms with Crippen molar-refractivity contribution in [2.75, 3.05) is 18.1 Å². The van der Waals surface area contributed by atoms with E-state index in [0.717, 1.165) is 25.9 Å². The van der Waals surface area contributed by atoms with Crippen LogP contribution in [0.1, 0.15) is 24.8 Å². The van der Waals surface area contributed by atoms with Gasteiger partial charge in [-0.3, -0.25) is 0 Å². The lowest BCUT2D eigenvalue weighted by Crippen LogP contribution is -2.46. The Morgan fingerprint density at radius 1 is 1.37 bits per heavy atom. The van der Waals surface area contributed by atoms with E-state index in [1.54, 1.807) is 0 Å². The number of thioether (sulfide) groups is 1. The van der Waals surface area contributed by atoms with Gasteiger partial charge in [-0.25, -0.2) is 0 Å². The monoisotopic (exact) mass is 277 g/mol. The van der Waals surface area contributed by atoms with Gasteiger partial charge < -0.3 is 10.5 Å². The second-order valence-electron chi connectivity index (χ2n) is 5.94. The molecule has 1 aromatic rings. The third-order valence-corrected chi connectivity index (χ3v) is 5.74. The highest BCUT2D eigenvalue weighted by atomic mass is 32.2. The van der Waals surface area contributed by atoms with Gasteiger partial charge in [0.15, 0.2) is 0 Å². The van der Waals surface area contributed by atoms with Crippen LogP contribution in [0.4, 0.5) is 0 Å². The van der Waals surface area contributed by atoms with E-state index in [9.17, 15) is 0 Å². The van der Waals surface area contributed by atoms with E-state index < -0.39 is 0 Å². The summed E-state index contributed by atoms with van der Waals surface area (Å²) in [6, 6.07) is 10.9. The minimum absolute atomic E-state index is 0.155. The van der Waals surface area contributed by atoms with Crippen molar-refractivity contribution in [3.8, 4) is 0 Å². The molecule has 2 aliphatic rings. The predicted octanol–water partition coefficient (Wildman–Crippen LogP) is 2.86. The van der Waals surface area contributed by atoms with Gasteiger partial charge in [-0.15, -0.1) is 0 Å². The molecule has 1 aromatic carbocycles. The first-order chi connectivity index (χ1) is 9.27. The molecule has 2 nitrogen and oxygen atoms in total. The average Bonchev–Trinajstić information content (AvgIpc) is 2.88. The lowest BCUT2D eigenvalue weighted by atomic mass is 9.80. The standard InChI is InChI=1S/C16H23NOS/c17-15(10-13-4-2-1-3-5-13)14-6-8-18-16(11-14)7-9-19-12-16/h1-5,14-15H,6-12,17H2. The fourth-order valence-corrected chi connectivity index (χ4v) is 4.73. The molecule has 2 N–H and O–H groups in total. The fraction of sp³-hybridized carbons (Fsp3) is 0.625. The van der Waals surface area contributed by atoms with Crippen LogP contribution in [0.5, 0.6) is 0 Å². The number of nitrogens with two attached hydrogens (primary N) is 1. The Labute approximate surface area is 120 Å². The van der Waals surface area contributed by atoms with Crippen LogP contribution in [-0.4, -0.2) is 29.8 Å². The molecule has 3 heteroatoms. The van der Waals surface area contributed by atoms with E-state index in [1.807, 2.05) is 11.8 Å².